The zero-order valence-corrected chi connectivity index (χ0v) is 13.2. The van der Waals surface area contributed by atoms with Gasteiger partial charge in [-0.2, -0.15) is 10.2 Å². The van der Waals surface area contributed by atoms with Crippen molar-refractivity contribution in [2.45, 2.75) is 46.8 Å². The molecule has 0 saturated carbocycles. The van der Waals surface area contributed by atoms with E-state index in [-0.39, 0.29) is 12.4 Å². The molecule has 2 heterocycles. The fraction of sp³-hybridized carbons (Fsp3) is 0.571. The second kappa shape index (κ2) is 7.94. The molecule has 112 valence electrons. The quantitative estimate of drug-likeness (QED) is 0.854. The average molecular weight is 298 g/mol. The van der Waals surface area contributed by atoms with Crippen LogP contribution in [0, 0.1) is 5.92 Å². The first kappa shape index (κ1) is 16.6. The van der Waals surface area contributed by atoms with Crippen LogP contribution in [0.4, 0.5) is 5.69 Å². The zero-order valence-electron chi connectivity index (χ0n) is 12.4. The van der Waals surface area contributed by atoms with Crippen LogP contribution in [0.15, 0.2) is 24.7 Å². The number of aryl methyl sites for hydroxylation is 1. The maximum Gasteiger partial charge on any atom is 0.0729 e. The van der Waals surface area contributed by atoms with Gasteiger partial charge in [0.1, 0.15) is 0 Å². The van der Waals surface area contributed by atoms with Crippen molar-refractivity contribution in [1.29, 1.82) is 0 Å². The van der Waals surface area contributed by atoms with Crippen LogP contribution in [0.1, 0.15) is 32.9 Å². The molecule has 0 bridgehead atoms. The Hall–Kier alpha value is -1.49. The van der Waals surface area contributed by atoms with Gasteiger partial charge in [-0.25, -0.2) is 0 Å². The van der Waals surface area contributed by atoms with Crippen molar-refractivity contribution in [2.24, 2.45) is 5.92 Å². The van der Waals surface area contributed by atoms with Gasteiger partial charge in [-0.05, 0) is 18.4 Å². The minimum atomic E-state index is 0. The molecule has 0 aliphatic rings. The van der Waals surface area contributed by atoms with E-state index in [2.05, 4.69) is 47.0 Å². The lowest BCUT2D eigenvalue weighted by Crippen LogP contribution is -2.12. The summed E-state index contributed by atoms with van der Waals surface area (Å²) >= 11 is 0. The summed E-state index contributed by atoms with van der Waals surface area (Å²) in [6.07, 6.45) is 6.88. The van der Waals surface area contributed by atoms with E-state index in [1.807, 2.05) is 23.3 Å². The Morgan fingerprint density at radius 3 is 2.80 bits per heavy atom. The van der Waals surface area contributed by atoms with Gasteiger partial charge >= 0.3 is 0 Å². The Morgan fingerprint density at radius 2 is 2.10 bits per heavy atom. The molecule has 2 aromatic heterocycles. The van der Waals surface area contributed by atoms with Crippen LogP contribution in [0.3, 0.4) is 0 Å². The standard InChI is InChI=1S/C14H23N5.ClH/c1-4-7-18-11-13(8-17-18)15-9-14-5-6-16-19(14)10-12(2)3;/h5-6,8,11-12,15H,4,7,9-10H2,1-3H3;1H. The van der Waals surface area contributed by atoms with Crippen LogP contribution >= 0.6 is 12.4 Å². The van der Waals surface area contributed by atoms with E-state index in [1.165, 1.54) is 5.69 Å². The number of aromatic nitrogens is 4. The minimum Gasteiger partial charge on any atom is -0.377 e. The van der Waals surface area contributed by atoms with Gasteiger partial charge in [-0.3, -0.25) is 9.36 Å². The van der Waals surface area contributed by atoms with Crippen molar-refractivity contribution in [3.63, 3.8) is 0 Å². The van der Waals surface area contributed by atoms with Crippen LogP contribution in [-0.2, 0) is 19.6 Å². The molecule has 2 aromatic rings. The summed E-state index contributed by atoms with van der Waals surface area (Å²) in [6, 6.07) is 2.06. The molecule has 1 N–H and O–H groups in total. The number of nitrogens with one attached hydrogen (secondary N) is 1. The molecule has 0 aliphatic heterocycles. The van der Waals surface area contributed by atoms with Crippen LogP contribution in [0.5, 0.6) is 0 Å². The van der Waals surface area contributed by atoms with Gasteiger partial charge in [0.15, 0.2) is 0 Å². The molecule has 0 fully saturated rings. The summed E-state index contributed by atoms with van der Waals surface area (Å²) in [4.78, 5) is 0. The van der Waals surface area contributed by atoms with E-state index in [0.717, 1.165) is 31.7 Å². The Labute approximate surface area is 126 Å². The molecule has 0 saturated heterocycles. The number of nitrogens with zero attached hydrogens (tertiary/aromatic N) is 4. The molecule has 0 unspecified atom stereocenters. The van der Waals surface area contributed by atoms with Crippen molar-refractivity contribution in [1.82, 2.24) is 19.6 Å². The lowest BCUT2D eigenvalue weighted by molar-refractivity contribution is 0.470. The molecule has 0 aliphatic carbocycles. The predicted octanol–water partition coefficient (Wildman–Crippen LogP) is 3.18. The number of anilines is 1. The summed E-state index contributed by atoms with van der Waals surface area (Å²) in [5, 5.41) is 12.1. The molecule has 0 radical (unpaired) electrons. The van der Waals surface area contributed by atoms with Crippen LogP contribution < -0.4 is 5.32 Å². The van der Waals surface area contributed by atoms with Crippen LogP contribution in [0.25, 0.3) is 0 Å². The smallest absolute Gasteiger partial charge is 0.0729 e. The monoisotopic (exact) mass is 297 g/mol. The highest BCUT2D eigenvalue weighted by atomic mass is 35.5. The lowest BCUT2D eigenvalue weighted by atomic mass is 10.2. The molecule has 20 heavy (non-hydrogen) atoms. The minimum absolute atomic E-state index is 0. The lowest BCUT2D eigenvalue weighted by Gasteiger charge is -2.10. The normalized spacial score (nSPS) is 10.6. The largest absolute Gasteiger partial charge is 0.377 e. The Balaban J connectivity index is 0.00000200. The highest BCUT2D eigenvalue weighted by Gasteiger charge is 2.05. The number of halogens is 1. The summed E-state index contributed by atoms with van der Waals surface area (Å²) in [5.41, 5.74) is 2.27. The van der Waals surface area contributed by atoms with E-state index in [4.69, 9.17) is 0 Å². The zero-order chi connectivity index (χ0) is 13.7. The topological polar surface area (TPSA) is 47.7 Å². The molecule has 0 spiro atoms. The predicted molar refractivity (Wildman–Crippen MR) is 84.2 cm³/mol. The maximum atomic E-state index is 4.36. The van der Waals surface area contributed by atoms with Crippen molar-refractivity contribution in [2.75, 3.05) is 5.32 Å². The molecular formula is C14H24ClN5. The molecule has 0 atom stereocenters. The van der Waals surface area contributed by atoms with Gasteiger partial charge < -0.3 is 5.32 Å². The Kier molecular flexibility index (Phi) is 6.58. The fourth-order valence-electron chi connectivity index (χ4n) is 2.02. The van der Waals surface area contributed by atoms with Gasteiger partial charge in [0.05, 0.1) is 24.1 Å². The molecule has 0 aromatic carbocycles. The van der Waals surface area contributed by atoms with Gasteiger partial charge in [0, 0.05) is 25.5 Å². The van der Waals surface area contributed by atoms with E-state index in [0.29, 0.717) is 5.92 Å². The Morgan fingerprint density at radius 1 is 1.30 bits per heavy atom. The third kappa shape index (κ3) is 4.56. The molecule has 2 rings (SSSR count). The highest BCUT2D eigenvalue weighted by molar-refractivity contribution is 5.85. The third-order valence-corrected chi connectivity index (χ3v) is 2.90. The van der Waals surface area contributed by atoms with Crippen molar-refractivity contribution in [3.05, 3.63) is 30.4 Å². The maximum absolute atomic E-state index is 4.36. The summed E-state index contributed by atoms with van der Waals surface area (Å²) in [5.74, 6) is 0.603. The molecule has 5 nitrogen and oxygen atoms in total. The van der Waals surface area contributed by atoms with Gasteiger partial charge in [-0.15, -0.1) is 12.4 Å². The first-order valence-corrected chi connectivity index (χ1v) is 6.96. The Bertz CT molecular complexity index is 503. The van der Waals surface area contributed by atoms with E-state index in [1.54, 1.807) is 0 Å². The van der Waals surface area contributed by atoms with Crippen molar-refractivity contribution < 1.29 is 0 Å². The van der Waals surface area contributed by atoms with E-state index >= 15 is 0 Å². The van der Waals surface area contributed by atoms with Crippen molar-refractivity contribution in [3.8, 4) is 0 Å². The van der Waals surface area contributed by atoms with Crippen LogP contribution in [0.2, 0.25) is 0 Å². The molecule has 6 heteroatoms. The summed E-state index contributed by atoms with van der Waals surface area (Å²) in [7, 11) is 0. The van der Waals surface area contributed by atoms with Gasteiger partial charge in [0.2, 0.25) is 0 Å². The first-order chi connectivity index (χ1) is 9.19. The molecule has 0 amide bonds. The first-order valence-electron chi connectivity index (χ1n) is 6.96. The summed E-state index contributed by atoms with van der Waals surface area (Å²) < 4.78 is 4.03. The van der Waals surface area contributed by atoms with Gasteiger partial charge in [-0.1, -0.05) is 20.8 Å². The molecular weight excluding hydrogens is 274 g/mol. The SMILES string of the molecule is CCCn1cc(NCc2ccnn2CC(C)C)cn1.Cl. The fourth-order valence-corrected chi connectivity index (χ4v) is 2.02. The third-order valence-electron chi connectivity index (χ3n) is 2.90. The van der Waals surface area contributed by atoms with E-state index in [9.17, 15) is 0 Å². The van der Waals surface area contributed by atoms with Gasteiger partial charge in [0.25, 0.3) is 0 Å². The second-order valence-corrected chi connectivity index (χ2v) is 5.24. The van der Waals surface area contributed by atoms with Crippen molar-refractivity contribution >= 4 is 18.1 Å². The average Bonchev–Trinajstić information content (AvgIpc) is 2.96. The second-order valence-electron chi connectivity index (χ2n) is 5.24. The number of rotatable bonds is 7. The van der Waals surface area contributed by atoms with Crippen LogP contribution in [-0.4, -0.2) is 19.6 Å². The summed E-state index contributed by atoms with van der Waals surface area (Å²) in [6.45, 7) is 9.26. The number of hydrogen-bond acceptors (Lipinski definition) is 3. The van der Waals surface area contributed by atoms with E-state index < -0.39 is 0 Å². The number of hydrogen-bond donors (Lipinski definition) is 1. The highest BCUT2D eigenvalue weighted by Crippen LogP contribution is 2.09.